The number of nitrogens with zero attached hydrogens (tertiary/aromatic N) is 1. The van der Waals surface area contributed by atoms with E-state index in [9.17, 15) is 18.0 Å². The number of carbonyl (C=O) groups excluding carboxylic acids is 1. The normalized spacial score (nSPS) is 10.5. The molecule has 0 aliphatic heterocycles. The summed E-state index contributed by atoms with van der Waals surface area (Å²) in [6.45, 7) is 0.278. The summed E-state index contributed by atoms with van der Waals surface area (Å²) < 4.78 is 40.1. The van der Waals surface area contributed by atoms with E-state index < -0.39 is 11.6 Å². The van der Waals surface area contributed by atoms with E-state index in [1.165, 1.54) is 30.5 Å². The fourth-order valence-corrected chi connectivity index (χ4v) is 2.44. The molecule has 3 rings (SSSR count). The van der Waals surface area contributed by atoms with E-state index >= 15 is 0 Å². The zero-order valence-corrected chi connectivity index (χ0v) is 14.2. The Morgan fingerprint density at radius 2 is 1.78 bits per heavy atom. The van der Waals surface area contributed by atoms with Gasteiger partial charge in [-0.05, 0) is 42.3 Å². The average Bonchev–Trinajstić information content (AvgIpc) is 2.66. The minimum atomic E-state index is -0.744. The van der Waals surface area contributed by atoms with Gasteiger partial charge in [-0.2, -0.15) is 0 Å². The highest BCUT2D eigenvalue weighted by Gasteiger charge is 2.08. The maximum Gasteiger partial charge on any atom is 0.252 e. The van der Waals surface area contributed by atoms with E-state index in [0.29, 0.717) is 23.4 Å². The molecule has 1 amide bonds. The first kappa shape index (κ1) is 18.4. The van der Waals surface area contributed by atoms with Gasteiger partial charge >= 0.3 is 0 Å². The lowest BCUT2D eigenvalue weighted by molar-refractivity contribution is 0.0953. The predicted molar refractivity (Wildman–Crippen MR) is 96.3 cm³/mol. The van der Waals surface area contributed by atoms with Crippen LogP contribution >= 0.6 is 0 Å². The molecular formula is C20H16F3N3O. The summed E-state index contributed by atoms with van der Waals surface area (Å²) >= 11 is 0. The Kier molecular flexibility index (Phi) is 5.71. The molecular weight excluding hydrogens is 355 g/mol. The fourth-order valence-electron chi connectivity index (χ4n) is 2.44. The standard InChI is InChI=1S/C20H16F3N3O/c21-15-6-7-18(17(23)11-15)26-19-8-5-14(12-25-19)20(27)24-10-9-13-3-1-2-4-16(13)22/h1-8,11-12H,9-10H2,(H,24,27)(H,25,26). The van der Waals surface area contributed by atoms with Gasteiger partial charge in [0.2, 0.25) is 0 Å². The number of anilines is 2. The average molecular weight is 371 g/mol. The van der Waals surface area contributed by atoms with Gasteiger partial charge in [-0.1, -0.05) is 18.2 Å². The van der Waals surface area contributed by atoms with Crippen molar-refractivity contribution >= 4 is 17.4 Å². The van der Waals surface area contributed by atoms with Crippen molar-refractivity contribution in [1.82, 2.24) is 10.3 Å². The minimum Gasteiger partial charge on any atom is -0.352 e. The van der Waals surface area contributed by atoms with Crippen molar-refractivity contribution in [1.29, 1.82) is 0 Å². The van der Waals surface area contributed by atoms with Gasteiger partial charge in [-0.15, -0.1) is 0 Å². The van der Waals surface area contributed by atoms with Gasteiger partial charge in [-0.25, -0.2) is 18.2 Å². The van der Waals surface area contributed by atoms with Gasteiger partial charge in [0.25, 0.3) is 5.91 Å². The molecule has 0 radical (unpaired) electrons. The third-order valence-electron chi connectivity index (χ3n) is 3.86. The van der Waals surface area contributed by atoms with E-state index in [-0.39, 0.29) is 24.0 Å². The van der Waals surface area contributed by atoms with Crippen LogP contribution in [0, 0.1) is 17.5 Å². The molecule has 4 nitrogen and oxygen atoms in total. The molecule has 0 saturated heterocycles. The number of halogens is 3. The van der Waals surface area contributed by atoms with Crippen molar-refractivity contribution in [3.63, 3.8) is 0 Å². The van der Waals surface area contributed by atoms with Crippen molar-refractivity contribution < 1.29 is 18.0 Å². The van der Waals surface area contributed by atoms with Crippen molar-refractivity contribution in [3.8, 4) is 0 Å². The number of amides is 1. The largest absolute Gasteiger partial charge is 0.352 e. The zero-order chi connectivity index (χ0) is 19.2. The van der Waals surface area contributed by atoms with Crippen molar-refractivity contribution in [3.05, 3.63) is 89.4 Å². The molecule has 2 aromatic carbocycles. The van der Waals surface area contributed by atoms with Crippen LogP contribution in [0.4, 0.5) is 24.7 Å². The lowest BCUT2D eigenvalue weighted by atomic mass is 10.1. The Hall–Kier alpha value is -3.35. The summed E-state index contributed by atoms with van der Waals surface area (Å²) in [6.07, 6.45) is 1.71. The summed E-state index contributed by atoms with van der Waals surface area (Å²) in [7, 11) is 0. The number of pyridine rings is 1. The summed E-state index contributed by atoms with van der Waals surface area (Å²) in [5, 5.41) is 5.40. The summed E-state index contributed by atoms with van der Waals surface area (Å²) in [5.74, 6) is -1.76. The Labute approximate surface area is 154 Å². The second kappa shape index (κ2) is 8.35. The van der Waals surface area contributed by atoms with Gasteiger partial charge in [0.05, 0.1) is 11.3 Å². The smallest absolute Gasteiger partial charge is 0.252 e. The van der Waals surface area contributed by atoms with Gasteiger partial charge in [0.1, 0.15) is 23.3 Å². The number of nitrogens with one attached hydrogen (secondary N) is 2. The van der Waals surface area contributed by atoms with E-state index in [4.69, 9.17) is 0 Å². The SMILES string of the molecule is O=C(NCCc1ccccc1F)c1ccc(Nc2ccc(F)cc2F)nc1. The highest BCUT2D eigenvalue weighted by molar-refractivity contribution is 5.94. The van der Waals surface area contributed by atoms with Crippen LogP contribution in [0.25, 0.3) is 0 Å². The van der Waals surface area contributed by atoms with Crippen LogP contribution in [0.3, 0.4) is 0 Å². The van der Waals surface area contributed by atoms with E-state index in [2.05, 4.69) is 15.6 Å². The number of benzene rings is 2. The summed E-state index contributed by atoms with van der Waals surface area (Å²) in [5.41, 5.74) is 0.913. The molecule has 0 fully saturated rings. The highest BCUT2D eigenvalue weighted by Crippen LogP contribution is 2.19. The molecule has 0 saturated carbocycles. The van der Waals surface area contributed by atoms with Gasteiger partial charge in [0.15, 0.2) is 0 Å². The first-order valence-corrected chi connectivity index (χ1v) is 8.22. The van der Waals surface area contributed by atoms with Crippen LogP contribution in [0.2, 0.25) is 0 Å². The van der Waals surface area contributed by atoms with Crippen molar-refractivity contribution in [2.45, 2.75) is 6.42 Å². The summed E-state index contributed by atoms with van der Waals surface area (Å²) in [4.78, 5) is 16.2. The predicted octanol–water partition coefficient (Wildman–Crippen LogP) is 4.22. The molecule has 3 aromatic rings. The second-order valence-corrected chi connectivity index (χ2v) is 5.78. The van der Waals surface area contributed by atoms with Crippen molar-refractivity contribution in [2.24, 2.45) is 0 Å². The molecule has 2 N–H and O–H groups in total. The van der Waals surface area contributed by atoms with Gasteiger partial charge in [0, 0.05) is 18.8 Å². The lowest BCUT2D eigenvalue weighted by Gasteiger charge is -2.08. The molecule has 0 bridgehead atoms. The Morgan fingerprint density at radius 3 is 2.48 bits per heavy atom. The second-order valence-electron chi connectivity index (χ2n) is 5.78. The maximum absolute atomic E-state index is 13.6. The van der Waals surface area contributed by atoms with Crippen LogP contribution in [0.15, 0.2) is 60.8 Å². The third kappa shape index (κ3) is 4.84. The maximum atomic E-state index is 13.6. The van der Waals surface area contributed by atoms with E-state index in [1.807, 2.05) is 0 Å². The Balaban J connectivity index is 1.56. The van der Waals surface area contributed by atoms with Crippen LogP contribution in [0.5, 0.6) is 0 Å². The molecule has 0 atom stereocenters. The molecule has 0 aliphatic carbocycles. The monoisotopic (exact) mass is 371 g/mol. The van der Waals surface area contributed by atoms with Crippen LogP contribution in [0.1, 0.15) is 15.9 Å². The van der Waals surface area contributed by atoms with E-state index in [1.54, 1.807) is 18.2 Å². The number of carbonyl (C=O) groups is 1. The number of hydrogen-bond donors (Lipinski definition) is 2. The third-order valence-corrected chi connectivity index (χ3v) is 3.86. The molecule has 27 heavy (non-hydrogen) atoms. The number of aromatic nitrogens is 1. The van der Waals surface area contributed by atoms with Crippen LogP contribution < -0.4 is 10.6 Å². The molecule has 138 valence electrons. The molecule has 0 spiro atoms. The van der Waals surface area contributed by atoms with E-state index in [0.717, 1.165) is 12.1 Å². The molecule has 7 heteroatoms. The molecule has 0 aliphatic rings. The quantitative estimate of drug-likeness (QED) is 0.682. The molecule has 1 aromatic heterocycles. The first-order valence-electron chi connectivity index (χ1n) is 8.22. The highest BCUT2D eigenvalue weighted by atomic mass is 19.1. The number of rotatable bonds is 6. The molecule has 1 heterocycles. The first-order chi connectivity index (χ1) is 13.0. The van der Waals surface area contributed by atoms with Crippen LogP contribution in [-0.2, 0) is 6.42 Å². The topological polar surface area (TPSA) is 54.0 Å². The summed E-state index contributed by atoms with van der Waals surface area (Å²) in [6, 6.07) is 12.6. The Bertz CT molecular complexity index is 945. The zero-order valence-electron chi connectivity index (χ0n) is 14.2. The lowest BCUT2D eigenvalue weighted by Crippen LogP contribution is -2.26. The van der Waals surface area contributed by atoms with Crippen molar-refractivity contribution in [2.75, 3.05) is 11.9 Å². The molecule has 0 unspecified atom stereocenters. The minimum absolute atomic E-state index is 0.0750. The Morgan fingerprint density at radius 1 is 0.963 bits per heavy atom. The van der Waals surface area contributed by atoms with Gasteiger partial charge < -0.3 is 10.6 Å². The fraction of sp³-hybridized carbons (Fsp3) is 0.100. The van der Waals surface area contributed by atoms with Gasteiger partial charge in [-0.3, -0.25) is 4.79 Å². The van der Waals surface area contributed by atoms with Crippen LogP contribution in [-0.4, -0.2) is 17.4 Å². The number of hydrogen-bond acceptors (Lipinski definition) is 3.